The van der Waals surface area contributed by atoms with Gasteiger partial charge in [0.15, 0.2) is 0 Å². The van der Waals surface area contributed by atoms with Crippen molar-refractivity contribution in [2.24, 2.45) is 0 Å². The van der Waals surface area contributed by atoms with Crippen LogP contribution in [0.1, 0.15) is 24.5 Å². The van der Waals surface area contributed by atoms with E-state index < -0.39 is 0 Å². The fourth-order valence-corrected chi connectivity index (χ4v) is 2.79. The second-order valence-corrected chi connectivity index (χ2v) is 5.86. The first kappa shape index (κ1) is 14.7. The number of nitrogens with two attached hydrogens (primary N) is 1. The summed E-state index contributed by atoms with van der Waals surface area (Å²) in [6.45, 7) is 2.07. The van der Waals surface area contributed by atoms with Crippen molar-refractivity contribution in [3.63, 3.8) is 0 Å². The Balaban J connectivity index is 2.05. The van der Waals surface area contributed by atoms with Gasteiger partial charge in [0, 0.05) is 43.5 Å². The molecule has 0 amide bonds. The quantitative estimate of drug-likeness (QED) is 0.897. The van der Waals surface area contributed by atoms with Crippen molar-refractivity contribution in [2.45, 2.75) is 18.8 Å². The van der Waals surface area contributed by atoms with E-state index in [2.05, 4.69) is 15.3 Å². The Morgan fingerprint density at radius 3 is 2.55 bits per heavy atom. The second kappa shape index (κ2) is 6.27. The van der Waals surface area contributed by atoms with E-state index in [4.69, 9.17) is 10.7 Å². The van der Waals surface area contributed by atoms with E-state index in [1.165, 1.54) is 0 Å². The Hall–Kier alpha value is -2.21. The Morgan fingerprint density at radius 2 is 1.91 bits per heavy atom. The summed E-state index contributed by atoms with van der Waals surface area (Å²) in [7, 11) is 3.93. The number of nitrogen functional groups attached to an aromatic ring is 1. The van der Waals surface area contributed by atoms with E-state index in [1.54, 1.807) is 6.20 Å². The minimum Gasteiger partial charge on any atom is -0.384 e. The van der Waals surface area contributed by atoms with Gasteiger partial charge in [0.05, 0.1) is 5.69 Å². The van der Waals surface area contributed by atoms with Gasteiger partial charge in [-0.25, -0.2) is 15.0 Å². The molecule has 0 atom stereocenters. The van der Waals surface area contributed by atoms with Crippen molar-refractivity contribution in [1.29, 1.82) is 0 Å². The summed E-state index contributed by atoms with van der Waals surface area (Å²) in [5, 5.41) is 3.41. The lowest BCUT2D eigenvalue weighted by molar-refractivity contribution is 0.453. The number of rotatable bonds is 3. The average molecular weight is 298 g/mol. The minimum atomic E-state index is 0.454. The zero-order valence-electron chi connectivity index (χ0n) is 13.1. The van der Waals surface area contributed by atoms with Gasteiger partial charge in [-0.05, 0) is 38.1 Å². The van der Waals surface area contributed by atoms with Crippen LogP contribution in [0.4, 0.5) is 11.8 Å². The molecule has 0 aliphatic carbocycles. The molecule has 3 rings (SSSR count). The molecule has 22 heavy (non-hydrogen) atoms. The van der Waals surface area contributed by atoms with Crippen LogP contribution in [-0.2, 0) is 0 Å². The third kappa shape index (κ3) is 3.01. The van der Waals surface area contributed by atoms with Gasteiger partial charge in [-0.2, -0.15) is 0 Å². The zero-order valence-corrected chi connectivity index (χ0v) is 13.1. The molecule has 0 radical (unpaired) electrons. The molecule has 0 spiro atoms. The number of pyridine rings is 1. The van der Waals surface area contributed by atoms with Gasteiger partial charge in [-0.15, -0.1) is 0 Å². The lowest BCUT2D eigenvalue weighted by Gasteiger charge is -2.25. The summed E-state index contributed by atoms with van der Waals surface area (Å²) in [6.07, 6.45) is 5.90. The molecule has 6 heteroatoms. The second-order valence-electron chi connectivity index (χ2n) is 5.86. The molecule has 116 valence electrons. The minimum absolute atomic E-state index is 0.454. The lowest BCUT2D eigenvalue weighted by atomic mass is 9.90. The van der Waals surface area contributed by atoms with Crippen LogP contribution < -0.4 is 16.0 Å². The summed E-state index contributed by atoms with van der Waals surface area (Å²) < 4.78 is 0. The maximum Gasteiger partial charge on any atom is 0.225 e. The smallest absolute Gasteiger partial charge is 0.225 e. The van der Waals surface area contributed by atoms with E-state index in [1.807, 2.05) is 37.3 Å². The van der Waals surface area contributed by atoms with Crippen LogP contribution >= 0.6 is 0 Å². The molecule has 0 saturated carbocycles. The van der Waals surface area contributed by atoms with Crippen LogP contribution in [-0.4, -0.2) is 42.1 Å². The van der Waals surface area contributed by atoms with Crippen LogP contribution in [0.5, 0.6) is 0 Å². The fraction of sp³-hybridized carbons (Fsp3) is 0.438. The first-order chi connectivity index (χ1) is 10.6. The molecule has 1 aliphatic heterocycles. The monoisotopic (exact) mass is 298 g/mol. The predicted octanol–water partition coefficient (Wildman–Crippen LogP) is 1.65. The summed E-state index contributed by atoms with van der Waals surface area (Å²) >= 11 is 0. The van der Waals surface area contributed by atoms with Crippen molar-refractivity contribution >= 4 is 11.8 Å². The SMILES string of the molecule is CN(C)c1ncc(-c2ccc(N)nc2)c(C2CCNCC2)n1. The largest absolute Gasteiger partial charge is 0.384 e. The van der Waals surface area contributed by atoms with Crippen molar-refractivity contribution in [3.05, 3.63) is 30.2 Å². The molecule has 1 aliphatic rings. The van der Waals surface area contributed by atoms with E-state index in [0.29, 0.717) is 11.7 Å². The maximum absolute atomic E-state index is 5.69. The summed E-state index contributed by atoms with van der Waals surface area (Å²) in [5.41, 5.74) is 8.89. The highest BCUT2D eigenvalue weighted by Gasteiger charge is 2.22. The van der Waals surface area contributed by atoms with Crippen LogP contribution in [0.2, 0.25) is 0 Å². The number of anilines is 2. The molecule has 6 nitrogen and oxygen atoms in total. The standard InChI is InChI=1S/C16H22N6/c1-22(2)16-20-10-13(12-3-4-14(17)19-9-12)15(21-16)11-5-7-18-8-6-11/h3-4,9-11,18H,5-8H2,1-2H3,(H2,17,19). The van der Waals surface area contributed by atoms with E-state index in [-0.39, 0.29) is 0 Å². The number of nitrogens with one attached hydrogen (secondary N) is 1. The van der Waals surface area contributed by atoms with Gasteiger partial charge in [0.2, 0.25) is 5.95 Å². The molecule has 2 aromatic heterocycles. The van der Waals surface area contributed by atoms with Crippen molar-refractivity contribution in [2.75, 3.05) is 37.8 Å². The van der Waals surface area contributed by atoms with Crippen LogP contribution in [0, 0.1) is 0 Å². The molecule has 3 N–H and O–H groups in total. The molecule has 0 unspecified atom stereocenters. The van der Waals surface area contributed by atoms with E-state index in [9.17, 15) is 0 Å². The van der Waals surface area contributed by atoms with E-state index >= 15 is 0 Å². The van der Waals surface area contributed by atoms with Gasteiger partial charge in [0.1, 0.15) is 5.82 Å². The maximum atomic E-state index is 5.69. The molecular formula is C16H22N6. The Bertz CT molecular complexity index is 632. The topological polar surface area (TPSA) is 80.0 Å². The first-order valence-corrected chi connectivity index (χ1v) is 7.62. The number of nitrogens with zero attached hydrogens (tertiary/aromatic N) is 4. The van der Waals surface area contributed by atoms with Gasteiger partial charge in [-0.3, -0.25) is 0 Å². The van der Waals surface area contributed by atoms with Crippen LogP contribution in [0.3, 0.4) is 0 Å². The van der Waals surface area contributed by atoms with Crippen LogP contribution in [0.15, 0.2) is 24.5 Å². The molecule has 0 bridgehead atoms. The summed E-state index contributed by atoms with van der Waals surface area (Å²) in [6, 6.07) is 3.81. The average Bonchev–Trinajstić information content (AvgIpc) is 2.56. The molecule has 2 aromatic rings. The Morgan fingerprint density at radius 1 is 1.14 bits per heavy atom. The third-order valence-corrected chi connectivity index (χ3v) is 4.03. The van der Waals surface area contributed by atoms with Crippen LogP contribution in [0.25, 0.3) is 11.1 Å². The van der Waals surface area contributed by atoms with Gasteiger partial charge in [-0.1, -0.05) is 0 Å². The Labute approximate surface area is 130 Å². The Kier molecular flexibility index (Phi) is 4.20. The van der Waals surface area contributed by atoms with Crippen molar-refractivity contribution in [3.8, 4) is 11.1 Å². The lowest BCUT2D eigenvalue weighted by Crippen LogP contribution is -2.27. The molecule has 0 aromatic carbocycles. The molecule has 1 fully saturated rings. The molecule has 3 heterocycles. The predicted molar refractivity (Wildman–Crippen MR) is 88.8 cm³/mol. The molecule has 1 saturated heterocycles. The number of piperidine rings is 1. The highest BCUT2D eigenvalue weighted by atomic mass is 15.2. The number of hydrogen-bond acceptors (Lipinski definition) is 6. The van der Waals surface area contributed by atoms with E-state index in [0.717, 1.165) is 48.7 Å². The summed E-state index contributed by atoms with van der Waals surface area (Å²) in [5.74, 6) is 1.73. The fourth-order valence-electron chi connectivity index (χ4n) is 2.79. The first-order valence-electron chi connectivity index (χ1n) is 7.62. The van der Waals surface area contributed by atoms with Gasteiger partial charge >= 0.3 is 0 Å². The third-order valence-electron chi connectivity index (χ3n) is 4.03. The van der Waals surface area contributed by atoms with Gasteiger partial charge < -0.3 is 16.0 Å². The highest BCUT2D eigenvalue weighted by Crippen LogP contribution is 2.33. The normalized spacial score (nSPS) is 15.7. The molecular weight excluding hydrogens is 276 g/mol. The summed E-state index contributed by atoms with van der Waals surface area (Å²) in [4.78, 5) is 15.4. The number of hydrogen-bond donors (Lipinski definition) is 2. The van der Waals surface area contributed by atoms with Crippen molar-refractivity contribution in [1.82, 2.24) is 20.3 Å². The van der Waals surface area contributed by atoms with Crippen molar-refractivity contribution < 1.29 is 0 Å². The zero-order chi connectivity index (χ0) is 15.5. The number of aromatic nitrogens is 3. The highest BCUT2D eigenvalue weighted by molar-refractivity contribution is 5.66. The van der Waals surface area contributed by atoms with Gasteiger partial charge in [0.25, 0.3) is 0 Å².